The fourth-order valence-electron chi connectivity index (χ4n) is 3.12. The average Bonchev–Trinajstić information content (AvgIpc) is 2.69. The van der Waals surface area contributed by atoms with E-state index in [1.54, 1.807) is 19.1 Å². The Kier molecular flexibility index (Phi) is 4.27. The van der Waals surface area contributed by atoms with E-state index in [9.17, 15) is 9.59 Å². The molecule has 0 N–H and O–H groups in total. The summed E-state index contributed by atoms with van der Waals surface area (Å²) in [5, 5.41) is 1.51. The van der Waals surface area contributed by atoms with Gasteiger partial charge < -0.3 is 4.74 Å². The summed E-state index contributed by atoms with van der Waals surface area (Å²) < 4.78 is 7.11. The minimum Gasteiger partial charge on any atom is -0.462 e. The van der Waals surface area contributed by atoms with E-state index < -0.39 is 0 Å². The smallest absolute Gasteiger partial charge is 0.338 e. The minimum absolute atomic E-state index is 0.0723. The summed E-state index contributed by atoms with van der Waals surface area (Å²) in [5.41, 5.74) is 0.608. The van der Waals surface area contributed by atoms with Gasteiger partial charge in [-0.25, -0.2) is 4.79 Å². The molecule has 3 nitrogen and oxygen atoms in total. The van der Waals surface area contributed by atoms with Gasteiger partial charge in [-0.05, 0) is 55.5 Å². The second-order valence-corrected chi connectivity index (χ2v) is 7.84. The van der Waals surface area contributed by atoms with Crippen molar-refractivity contribution in [3.8, 4) is 4.90 Å². The Balaban J connectivity index is 2.00. The highest BCUT2D eigenvalue weighted by Gasteiger charge is 2.22. The number of fused-ring (bicyclic) bond motifs is 2. The van der Waals surface area contributed by atoms with E-state index in [4.69, 9.17) is 4.74 Å². The molecule has 0 aliphatic rings. The van der Waals surface area contributed by atoms with Gasteiger partial charge in [-0.2, -0.15) is 0 Å². The molecule has 4 aromatic rings. The third-order valence-electron chi connectivity index (χ3n) is 4.30. The maximum atomic E-state index is 12.8. The van der Waals surface area contributed by atoms with Crippen molar-refractivity contribution in [1.29, 1.82) is 0 Å². The van der Waals surface area contributed by atoms with Crippen LogP contribution in [0.4, 0.5) is 0 Å². The Morgan fingerprint density at radius 1 is 0.846 bits per heavy atom. The monoisotopic (exact) mass is 361 g/mol. The number of esters is 1. The van der Waals surface area contributed by atoms with Gasteiger partial charge in [0.05, 0.1) is 22.9 Å². The lowest BCUT2D eigenvalue weighted by molar-refractivity contribution is 0.0526. The summed E-state index contributed by atoms with van der Waals surface area (Å²) in [5.74, 6) is -0.318. The standard InChI is InChI=1S/C22H17O3S/c1-2-25-22(24)15-11-13-16(14-12-15)26-19-9-5-3-7-17(19)21(23)18-8-4-6-10-20(18)26/h3-14H,2H2,1H3/q+1. The molecular weight excluding hydrogens is 344 g/mol. The predicted molar refractivity (Wildman–Crippen MR) is 107 cm³/mol. The largest absolute Gasteiger partial charge is 0.462 e. The SMILES string of the molecule is CCOC(=O)c1ccc(-[s+]2c3ccccc3c(=O)c3ccccc32)cc1. The molecule has 0 amide bonds. The van der Waals surface area contributed by atoms with E-state index in [1.807, 2.05) is 60.7 Å². The quantitative estimate of drug-likeness (QED) is 0.284. The summed E-state index contributed by atoms with van der Waals surface area (Å²) in [6, 6.07) is 23.0. The van der Waals surface area contributed by atoms with Crippen molar-refractivity contribution < 1.29 is 9.53 Å². The van der Waals surface area contributed by atoms with Crippen molar-refractivity contribution in [2.24, 2.45) is 0 Å². The van der Waals surface area contributed by atoms with Crippen molar-refractivity contribution in [3.05, 3.63) is 88.6 Å². The summed E-state index contributed by atoms with van der Waals surface area (Å²) >= 11 is 0. The maximum absolute atomic E-state index is 12.8. The zero-order valence-corrected chi connectivity index (χ0v) is 15.1. The highest BCUT2D eigenvalue weighted by atomic mass is 32.2. The molecule has 0 spiro atoms. The Labute approximate surface area is 153 Å². The molecule has 0 fully saturated rings. The zero-order chi connectivity index (χ0) is 18.1. The van der Waals surface area contributed by atoms with Crippen LogP contribution in [0.15, 0.2) is 77.6 Å². The molecule has 0 unspecified atom stereocenters. The minimum atomic E-state index is -0.377. The molecular formula is C22H17O3S+. The number of hydrogen-bond acceptors (Lipinski definition) is 3. The summed E-state index contributed by atoms with van der Waals surface area (Å²) in [6.07, 6.45) is 0. The average molecular weight is 361 g/mol. The topological polar surface area (TPSA) is 43.4 Å². The van der Waals surface area contributed by atoms with E-state index in [-0.39, 0.29) is 21.9 Å². The molecule has 0 radical (unpaired) electrons. The molecule has 4 rings (SSSR count). The molecule has 0 bridgehead atoms. The number of rotatable bonds is 3. The zero-order valence-electron chi connectivity index (χ0n) is 14.3. The Morgan fingerprint density at radius 2 is 1.38 bits per heavy atom. The molecule has 0 aliphatic heterocycles. The highest BCUT2D eigenvalue weighted by Crippen LogP contribution is 2.42. The second-order valence-electron chi connectivity index (χ2n) is 5.87. The van der Waals surface area contributed by atoms with Gasteiger partial charge in [0.25, 0.3) is 0 Å². The lowest BCUT2D eigenvalue weighted by Crippen LogP contribution is -2.04. The third-order valence-corrected chi connectivity index (χ3v) is 6.64. The molecule has 26 heavy (non-hydrogen) atoms. The van der Waals surface area contributed by atoms with Gasteiger partial charge >= 0.3 is 5.97 Å². The van der Waals surface area contributed by atoms with Crippen LogP contribution < -0.4 is 5.43 Å². The number of carbonyl (C=O) groups is 1. The van der Waals surface area contributed by atoms with Crippen LogP contribution in [0.25, 0.3) is 25.1 Å². The van der Waals surface area contributed by atoms with Gasteiger partial charge in [0.1, 0.15) is 0 Å². The van der Waals surface area contributed by atoms with Gasteiger partial charge in [0.2, 0.25) is 5.43 Å². The molecule has 1 heterocycles. The van der Waals surface area contributed by atoms with Crippen LogP contribution in [0.5, 0.6) is 0 Å². The van der Waals surface area contributed by atoms with Gasteiger partial charge in [0.15, 0.2) is 14.3 Å². The Morgan fingerprint density at radius 3 is 1.92 bits per heavy atom. The molecule has 1 aromatic heterocycles. The van der Waals surface area contributed by atoms with Crippen molar-refractivity contribution in [3.63, 3.8) is 0 Å². The van der Waals surface area contributed by atoms with Crippen LogP contribution in [0.1, 0.15) is 17.3 Å². The first kappa shape index (κ1) is 16.5. The summed E-state index contributed by atoms with van der Waals surface area (Å²) in [7, 11) is -0.377. The molecule has 0 aliphatic carbocycles. The van der Waals surface area contributed by atoms with E-state index in [0.29, 0.717) is 12.2 Å². The first-order valence-electron chi connectivity index (χ1n) is 8.45. The number of carbonyl (C=O) groups excluding carboxylic acids is 1. The molecule has 0 saturated heterocycles. The van der Waals surface area contributed by atoms with E-state index in [1.165, 1.54) is 0 Å². The van der Waals surface area contributed by atoms with Crippen LogP contribution in [-0.2, 0) is 4.74 Å². The van der Waals surface area contributed by atoms with E-state index in [2.05, 4.69) is 0 Å². The summed E-state index contributed by atoms with van der Waals surface area (Å²) in [4.78, 5) is 25.8. The van der Waals surface area contributed by atoms with Gasteiger partial charge in [-0.1, -0.05) is 24.3 Å². The van der Waals surface area contributed by atoms with Crippen LogP contribution in [0, 0.1) is 0 Å². The lowest BCUT2D eigenvalue weighted by Gasteiger charge is -2.04. The van der Waals surface area contributed by atoms with Crippen molar-refractivity contribution >= 4 is 36.6 Å². The molecule has 0 saturated carbocycles. The number of benzene rings is 3. The molecule has 0 atom stereocenters. The molecule has 3 aromatic carbocycles. The predicted octanol–water partition coefficient (Wildman–Crippen LogP) is 5.27. The van der Waals surface area contributed by atoms with E-state index >= 15 is 0 Å². The van der Waals surface area contributed by atoms with Crippen molar-refractivity contribution in [2.75, 3.05) is 6.61 Å². The Bertz CT molecular complexity index is 1110. The fourth-order valence-corrected chi connectivity index (χ4v) is 5.47. The van der Waals surface area contributed by atoms with Crippen LogP contribution in [0.2, 0.25) is 0 Å². The highest BCUT2D eigenvalue weighted by molar-refractivity contribution is 7.49. The van der Waals surface area contributed by atoms with Crippen molar-refractivity contribution in [2.45, 2.75) is 6.92 Å². The molecule has 128 valence electrons. The lowest BCUT2D eigenvalue weighted by atomic mass is 10.2. The second kappa shape index (κ2) is 6.73. The summed E-state index contributed by atoms with van der Waals surface area (Å²) in [6.45, 7) is 2.15. The van der Waals surface area contributed by atoms with Gasteiger partial charge in [-0.15, -0.1) is 0 Å². The van der Waals surface area contributed by atoms with Crippen LogP contribution in [0.3, 0.4) is 0 Å². The fraction of sp³-hybridized carbons (Fsp3) is 0.0909. The molecule has 4 heteroatoms. The van der Waals surface area contributed by atoms with Gasteiger partial charge in [-0.3, -0.25) is 4.79 Å². The maximum Gasteiger partial charge on any atom is 0.338 e. The number of ether oxygens (including phenoxy) is 1. The first-order chi connectivity index (χ1) is 12.7. The van der Waals surface area contributed by atoms with Crippen LogP contribution >= 0.6 is 10.5 Å². The third kappa shape index (κ3) is 2.68. The van der Waals surface area contributed by atoms with Crippen LogP contribution in [-0.4, -0.2) is 12.6 Å². The first-order valence-corrected chi connectivity index (χ1v) is 9.67. The van der Waals surface area contributed by atoms with E-state index in [0.717, 1.165) is 25.1 Å². The van der Waals surface area contributed by atoms with Crippen molar-refractivity contribution in [1.82, 2.24) is 0 Å². The van der Waals surface area contributed by atoms with Gasteiger partial charge in [0, 0.05) is 10.5 Å². The Hall–Kier alpha value is -2.98. The normalized spacial score (nSPS) is 11.0. The number of hydrogen-bond donors (Lipinski definition) is 0.